The molecule has 0 unspecified atom stereocenters. The van der Waals surface area contributed by atoms with Gasteiger partial charge in [-0.25, -0.2) is 0 Å². The van der Waals surface area contributed by atoms with Gasteiger partial charge in [0.1, 0.15) is 0 Å². The first-order chi connectivity index (χ1) is 9.22. The summed E-state index contributed by atoms with van der Waals surface area (Å²) in [6.45, 7) is 1.88. The molecular weight excluding hydrogens is 244 g/mol. The minimum Gasteiger partial charge on any atom is -0.395 e. The fraction of sp³-hybridized carbons (Fsp3) is 0.429. The molecule has 1 N–H and O–H groups in total. The molecule has 1 aliphatic rings. The van der Waals surface area contributed by atoms with E-state index in [2.05, 4.69) is 4.90 Å². The summed E-state index contributed by atoms with van der Waals surface area (Å²) >= 11 is 0. The van der Waals surface area contributed by atoms with Gasteiger partial charge in [-0.3, -0.25) is 15.0 Å². The Bertz CT molecular complexity index is 474. The number of aliphatic hydroxyl groups excluding tert-OH is 1. The lowest BCUT2D eigenvalue weighted by molar-refractivity contribution is -0.385. The molecule has 1 aromatic carbocycles. The third-order valence-electron chi connectivity index (χ3n) is 3.48. The van der Waals surface area contributed by atoms with Crippen molar-refractivity contribution < 1.29 is 10.0 Å². The van der Waals surface area contributed by atoms with Gasteiger partial charge in [-0.1, -0.05) is 24.3 Å². The third-order valence-corrected chi connectivity index (χ3v) is 3.48. The van der Waals surface area contributed by atoms with E-state index in [1.807, 2.05) is 6.08 Å². The highest BCUT2D eigenvalue weighted by Gasteiger charge is 2.22. The number of benzene rings is 1. The first kappa shape index (κ1) is 13.7. The molecule has 1 heterocycles. The summed E-state index contributed by atoms with van der Waals surface area (Å²) < 4.78 is 0. The van der Waals surface area contributed by atoms with Crippen LogP contribution in [0.1, 0.15) is 18.4 Å². The van der Waals surface area contributed by atoms with Crippen molar-refractivity contribution in [3.63, 3.8) is 0 Å². The maximum atomic E-state index is 10.9. The lowest BCUT2D eigenvalue weighted by Crippen LogP contribution is -2.32. The van der Waals surface area contributed by atoms with E-state index < -0.39 is 0 Å². The standard InChI is InChI=1S/C14H18N2O3/c17-11-13-7-4-10-15(13)9-3-6-12-5-1-2-8-14(12)16(18)19/h1-3,5-6,8,13,17H,4,7,9-11H2/b6-3+/t13-/m1/s1. The number of nitro groups is 1. The summed E-state index contributed by atoms with van der Waals surface area (Å²) in [5.74, 6) is 0. The summed E-state index contributed by atoms with van der Waals surface area (Å²) in [5.41, 5.74) is 0.742. The number of aliphatic hydroxyl groups is 1. The van der Waals surface area contributed by atoms with Crippen LogP contribution in [0.3, 0.4) is 0 Å². The van der Waals surface area contributed by atoms with Crippen LogP contribution in [-0.4, -0.2) is 40.7 Å². The molecule has 1 aliphatic heterocycles. The summed E-state index contributed by atoms with van der Waals surface area (Å²) in [5, 5.41) is 20.1. The molecule has 5 heteroatoms. The molecule has 1 atom stereocenters. The first-order valence-electron chi connectivity index (χ1n) is 6.47. The second kappa shape index (κ2) is 6.45. The zero-order valence-corrected chi connectivity index (χ0v) is 10.7. The summed E-state index contributed by atoms with van der Waals surface area (Å²) in [7, 11) is 0. The quantitative estimate of drug-likeness (QED) is 0.651. The average molecular weight is 262 g/mol. The number of nitro benzene ring substituents is 1. The number of hydrogen-bond donors (Lipinski definition) is 1. The SMILES string of the molecule is O=[N+]([O-])c1ccccc1/C=C/CN1CCC[C@@H]1CO. The van der Waals surface area contributed by atoms with Crippen LogP contribution in [0.25, 0.3) is 6.08 Å². The molecule has 0 amide bonds. The molecule has 0 radical (unpaired) electrons. The Labute approximate surface area is 112 Å². The second-order valence-corrected chi connectivity index (χ2v) is 4.69. The van der Waals surface area contributed by atoms with Gasteiger partial charge >= 0.3 is 0 Å². The lowest BCUT2D eigenvalue weighted by atomic mass is 10.1. The Morgan fingerprint density at radius 1 is 1.47 bits per heavy atom. The number of nitrogens with zero attached hydrogens (tertiary/aromatic N) is 2. The van der Waals surface area contributed by atoms with Crippen molar-refractivity contribution in [2.75, 3.05) is 19.7 Å². The Kier molecular flexibility index (Phi) is 4.65. The fourth-order valence-corrected chi connectivity index (χ4v) is 2.45. The number of likely N-dealkylation sites (tertiary alicyclic amines) is 1. The van der Waals surface area contributed by atoms with Crippen LogP contribution in [0.4, 0.5) is 5.69 Å². The van der Waals surface area contributed by atoms with E-state index in [4.69, 9.17) is 0 Å². The second-order valence-electron chi connectivity index (χ2n) is 4.69. The summed E-state index contributed by atoms with van der Waals surface area (Å²) in [4.78, 5) is 12.7. The number of para-hydroxylation sites is 1. The predicted octanol–water partition coefficient (Wildman–Crippen LogP) is 2.06. The molecule has 0 aliphatic carbocycles. The highest BCUT2D eigenvalue weighted by Crippen LogP contribution is 2.20. The van der Waals surface area contributed by atoms with Crippen molar-refractivity contribution >= 4 is 11.8 Å². The van der Waals surface area contributed by atoms with Gasteiger partial charge in [0.2, 0.25) is 0 Å². The molecule has 102 valence electrons. The number of rotatable bonds is 5. The van der Waals surface area contributed by atoms with Crippen LogP contribution in [0, 0.1) is 10.1 Å². The van der Waals surface area contributed by atoms with Gasteiger partial charge in [-0.2, -0.15) is 0 Å². The zero-order chi connectivity index (χ0) is 13.7. The monoisotopic (exact) mass is 262 g/mol. The molecule has 2 rings (SSSR count). The average Bonchev–Trinajstić information content (AvgIpc) is 2.86. The Morgan fingerprint density at radius 2 is 2.26 bits per heavy atom. The van der Waals surface area contributed by atoms with Gasteiger partial charge in [0.05, 0.1) is 17.1 Å². The minimum atomic E-state index is -0.369. The van der Waals surface area contributed by atoms with Crippen LogP contribution < -0.4 is 0 Å². The molecule has 5 nitrogen and oxygen atoms in total. The third kappa shape index (κ3) is 3.39. The van der Waals surface area contributed by atoms with E-state index in [1.165, 1.54) is 6.07 Å². The predicted molar refractivity (Wildman–Crippen MR) is 73.8 cm³/mol. The van der Waals surface area contributed by atoms with Gasteiger partial charge in [0.25, 0.3) is 5.69 Å². The van der Waals surface area contributed by atoms with Crippen LogP contribution in [0.2, 0.25) is 0 Å². The summed E-state index contributed by atoms with van der Waals surface area (Å²) in [6, 6.07) is 6.93. The van der Waals surface area contributed by atoms with Gasteiger partial charge < -0.3 is 5.11 Å². The van der Waals surface area contributed by atoms with Gasteiger partial charge in [0, 0.05) is 18.7 Å². The van der Waals surface area contributed by atoms with Gasteiger partial charge in [-0.05, 0) is 25.5 Å². The molecular formula is C14H18N2O3. The lowest BCUT2D eigenvalue weighted by Gasteiger charge is -2.20. The molecule has 0 spiro atoms. The van der Waals surface area contributed by atoms with Crippen LogP contribution in [0.15, 0.2) is 30.3 Å². The zero-order valence-electron chi connectivity index (χ0n) is 10.7. The van der Waals surface area contributed by atoms with Gasteiger partial charge in [0.15, 0.2) is 0 Å². The molecule has 1 aromatic rings. The van der Waals surface area contributed by atoms with Gasteiger partial charge in [-0.15, -0.1) is 0 Å². The maximum Gasteiger partial charge on any atom is 0.276 e. The molecule has 19 heavy (non-hydrogen) atoms. The first-order valence-corrected chi connectivity index (χ1v) is 6.47. The molecule has 0 aromatic heterocycles. The molecule has 1 saturated heterocycles. The topological polar surface area (TPSA) is 66.6 Å². The van der Waals surface area contributed by atoms with Crippen molar-refractivity contribution in [3.8, 4) is 0 Å². The number of hydrogen-bond acceptors (Lipinski definition) is 4. The van der Waals surface area contributed by atoms with Crippen LogP contribution >= 0.6 is 0 Å². The Morgan fingerprint density at radius 3 is 3.00 bits per heavy atom. The van der Waals surface area contributed by atoms with E-state index in [9.17, 15) is 15.2 Å². The van der Waals surface area contributed by atoms with Crippen molar-refractivity contribution in [2.24, 2.45) is 0 Å². The maximum absolute atomic E-state index is 10.9. The van der Waals surface area contributed by atoms with E-state index in [0.717, 1.165) is 25.9 Å². The minimum absolute atomic E-state index is 0.124. The Balaban J connectivity index is 2.01. The van der Waals surface area contributed by atoms with Crippen LogP contribution in [0.5, 0.6) is 0 Å². The molecule has 0 bridgehead atoms. The largest absolute Gasteiger partial charge is 0.395 e. The van der Waals surface area contributed by atoms with Crippen molar-refractivity contribution in [1.82, 2.24) is 4.90 Å². The van der Waals surface area contributed by atoms with Crippen LogP contribution in [-0.2, 0) is 0 Å². The molecule has 0 saturated carbocycles. The fourth-order valence-electron chi connectivity index (χ4n) is 2.45. The van der Waals surface area contributed by atoms with Crippen molar-refractivity contribution in [2.45, 2.75) is 18.9 Å². The van der Waals surface area contributed by atoms with E-state index in [1.54, 1.807) is 24.3 Å². The van der Waals surface area contributed by atoms with Crippen molar-refractivity contribution in [1.29, 1.82) is 0 Å². The summed E-state index contributed by atoms with van der Waals surface area (Å²) in [6.07, 6.45) is 5.83. The van der Waals surface area contributed by atoms with E-state index in [-0.39, 0.29) is 23.3 Å². The smallest absolute Gasteiger partial charge is 0.276 e. The van der Waals surface area contributed by atoms with E-state index in [0.29, 0.717) is 5.56 Å². The normalized spacial score (nSPS) is 20.2. The highest BCUT2D eigenvalue weighted by molar-refractivity contribution is 5.60. The highest BCUT2D eigenvalue weighted by atomic mass is 16.6. The Hall–Kier alpha value is -1.72. The van der Waals surface area contributed by atoms with E-state index >= 15 is 0 Å². The molecule has 1 fully saturated rings. The van der Waals surface area contributed by atoms with Crippen molar-refractivity contribution in [3.05, 3.63) is 46.0 Å².